The smallest absolute Gasteiger partial charge is 0.304 e. The number of nitrogens with zero attached hydrogens (tertiary/aromatic N) is 1. The van der Waals surface area contributed by atoms with Crippen LogP contribution in [0.5, 0.6) is 0 Å². The lowest BCUT2D eigenvalue weighted by Gasteiger charge is -2.01. The number of thiophene rings is 1. The van der Waals surface area contributed by atoms with Crippen LogP contribution in [0.4, 0.5) is 10.7 Å². The standard InChI is InChI=1S/C10H16N2O4S2/c1-3-4-5-6-11-10-8(12(13)14)7-9(17-10)18(2,15)16/h7,11H,3-6H2,1-2H3. The summed E-state index contributed by atoms with van der Waals surface area (Å²) in [5, 5.41) is 14.1. The molecule has 102 valence electrons. The molecule has 0 aliphatic heterocycles. The molecule has 6 nitrogen and oxygen atoms in total. The second-order valence-electron chi connectivity index (χ2n) is 3.94. The van der Waals surface area contributed by atoms with Gasteiger partial charge >= 0.3 is 5.69 Å². The van der Waals surface area contributed by atoms with Crippen molar-refractivity contribution < 1.29 is 13.3 Å². The fraction of sp³-hybridized carbons (Fsp3) is 0.600. The summed E-state index contributed by atoms with van der Waals surface area (Å²) in [6.07, 6.45) is 4.04. The van der Waals surface area contributed by atoms with Crippen LogP contribution in [0.2, 0.25) is 0 Å². The van der Waals surface area contributed by atoms with Crippen molar-refractivity contribution in [1.82, 2.24) is 0 Å². The molecule has 1 rings (SSSR count). The summed E-state index contributed by atoms with van der Waals surface area (Å²) in [7, 11) is -3.40. The zero-order valence-corrected chi connectivity index (χ0v) is 11.9. The third-order valence-corrected chi connectivity index (χ3v) is 5.20. The molecule has 0 bridgehead atoms. The molecule has 0 atom stereocenters. The maximum atomic E-state index is 11.4. The Morgan fingerprint density at radius 3 is 2.61 bits per heavy atom. The lowest BCUT2D eigenvalue weighted by Crippen LogP contribution is -2.01. The van der Waals surface area contributed by atoms with Gasteiger partial charge in [-0.05, 0) is 6.42 Å². The van der Waals surface area contributed by atoms with Gasteiger partial charge in [0, 0.05) is 18.9 Å². The number of rotatable bonds is 7. The fourth-order valence-electron chi connectivity index (χ4n) is 1.38. The predicted molar refractivity (Wildman–Crippen MR) is 72.1 cm³/mol. The van der Waals surface area contributed by atoms with E-state index in [1.54, 1.807) is 0 Å². The van der Waals surface area contributed by atoms with Crippen LogP contribution in [-0.2, 0) is 9.84 Å². The molecule has 0 spiro atoms. The number of unbranched alkanes of at least 4 members (excludes halogenated alkanes) is 2. The largest absolute Gasteiger partial charge is 0.371 e. The molecule has 8 heteroatoms. The normalized spacial score (nSPS) is 11.4. The van der Waals surface area contributed by atoms with Gasteiger partial charge in [-0.25, -0.2) is 8.42 Å². The summed E-state index contributed by atoms with van der Waals surface area (Å²) >= 11 is 0.912. The van der Waals surface area contributed by atoms with Gasteiger partial charge in [0.05, 0.1) is 4.92 Å². The summed E-state index contributed by atoms with van der Waals surface area (Å²) in [6, 6.07) is 1.11. The minimum absolute atomic E-state index is 0.0205. The molecule has 0 amide bonds. The first kappa shape index (κ1) is 14.9. The molecular formula is C10H16N2O4S2. The van der Waals surface area contributed by atoms with E-state index in [0.29, 0.717) is 11.5 Å². The van der Waals surface area contributed by atoms with Gasteiger partial charge in [0.1, 0.15) is 4.21 Å². The molecule has 18 heavy (non-hydrogen) atoms. The molecule has 0 aliphatic rings. The molecular weight excluding hydrogens is 276 g/mol. The Hall–Kier alpha value is -1.15. The minimum Gasteiger partial charge on any atom is -0.371 e. The molecule has 1 aromatic heterocycles. The Labute approximate surface area is 110 Å². The van der Waals surface area contributed by atoms with E-state index in [0.717, 1.165) is 42.9 Å². The number of nitrogens with one attached hydrogen (secondary N) is 1. The van der Waals surface area contributed by atoms with E-state index in [4.69, 9.17) is 0 Å². The van der Waals surface area contributed by atoms with Crippen LogP contribution in [0.15, 0.2) is 10.3 Å². The van der Waals surface area contributed by atoms with Crippen LogP contribution in [-0.4, -0.2) is 26.1 Å². The second kappa shape index (κ2) is 6.14. The predicted octanol–water partition coefficient (Wildman–Crippen LogP) is 2.66. The van der Waals surface area contributed by atoms with E-state index in [1.807, 2.05) is 0 Å². The van der Waals surface area contributed by atoms with Gasteiger partial charge in [-0.1, -0.05) is 31.1 Å². The van der Waals surface area contributed by atoms with Gasteiger partial charge in [0.25, 0.3) is 0 Å². The zero-order chi connectivity index (χ0) is 13.8. The number of hydrogen-bond donors (Lipinski definition) is 1. The number of hydrogen-bond acceptors (Lipinski definition) is 6. The van der Waals surface area contributed by atoms with E-state index in [-0.39, 0.29) is 9.90 Å². The topological polar surface area (TPSA) is 89.3 Å². The highest BCUT2D eigenvalue weighted by molar-refractivity contribution is 7.92. The Kier molecular flexibility index (Phi) is 5.09. The molecule has 1 aromatic rings. The molecule has 0 fully saturated rings. The Bertz CT molecular complexity index is 522. The van der Waals surface area contributed by atoms with Crippen molar-refractivity contribution >= 4 is 31.9 Å². The highest BCUT2D eigenvalue weighted by atomic mass is 32.2. The van der Waals surface area contributed by atoms with E-state index in [9.17, 15) is 18.5 Å². The maximum absolute atomic E-state index is 11.4. The maximum Gasteiger partial charge on any atom is 0.304 e. The number of nitro groups is 1. The van der Waals surface area contributed by atoms with Crippen molar-refractivity contribution in [3.63, 3.8) is 0 Å². The molecule has 0 aromatic carbocycles. The van der Waals surface area contributed by atoms with Gasteiger partial charge < -0.3 is 5.32 Å². The highest BCUT2D eigenvalue weighted by Gasteiger charge is 2.23. The van der Waals surface area contributed by atoms with Crippen molar-refractivity contribution in [2.75, 3.05) is 18.1 Å². The highest BCUT2D eigenvalue weighted by Crippen LogP contribution is 2.36. The van der Waals surface area contributed by atoms with Crippen molar-refractivity contribution in [2.45, 2.75) is 30.4 Å². The summed E-state index contributed by atoms with van der Waals surface area (Å²) < 4.78 is 22.7. The number of anilines is 1. The van der Waals surface area contributed by atoms with Gasteiger partial charge in [-0.2, -0.15) is 0 Å². The first-order chi connectivity index (χ1) is 8.36. The van der Waals surface area contributed by atoms with Crippen molar-refractivity contribution in [3.8, 4) is 0 Å². The van der Waals surface area contributed by atoms with Crippen molar-refractivity contribution in [2.24, 2.45) is 0 Å². The average molecular weight is 292 g/mol. The summed E-state index contributed by atoms with van der Waals surface area (Å²) in [4.78, 5) is 10.3. The molecule has 1 N–H and O–H groups in total. The van der Waals surface area contributed by atoms with Crippen LogP contribution < -0.4 is 5.32 Å². The fourth-order valence-corrected chi connectivity index (χ4v) is 3.35. The molecule has 1 heterocycles. The van der Waals surface area contributed by atoms with Gasteiger partial charge in [0.15, 0.2) is 14.8 Å². The zero-order valence-electron chi connectivity index (χ0n) is 10.3. The second-order valence-corrected chi connectivity index (χ2v) is 7.24. The molecule has 0 saturated carbocycles. The van der Waals surface area contributed by atoms with Gasteiger partial charge in [0.2, 0.25) is 0 Å². The molecule has 0 unspecified atom stereocenters. The SMILES string of the molecule is CCCCCNc1sc(S(C)(=O)=O)cc1[N+](=O)[O-]. The van der Waals surface area contributed by atoms with Crippen LogP contribution in [0.1, 0.15) is 26.2 Å². The Morgan fingerprint density at radius 2 is 2.11 bits per heavy atom. The number of sulfone groups is 1. The van der Waals surface area contributed by atoms with E-state index >= 15 is 0 Å². The minimum atomic E-state index is -3.40. The van der Waals surface area contributed by atoms with Crippen molar-refractivity contribution in [1.29, 1.82) is 0 Å². The van der Waals surface area contributed by atoms with Gasteiger partial charge in [-0.3, -0.25) is 10.1 Å². The molecule has 0 saturated heterocycles. The van der Waals surface area contributed by atoms with Gasteiger partial charge in [-0.15, -0.1) is 0 Å². The lowest BCUT2D eigenvalue weighted by molar-refractivity contribution is -0.383. The lowest BCUT2D eigenvalue weighted by atomic mass is 10.2. The van der Waals surface area contributed by atoms with Crippen LogP contribution in [0.25, 0.3) is 0 Å². The third-order valence-electron chi connectivity index (χ3n) is 2.32. The Balaban J connectivity index is 2.88. The van der Waals surface area contributed by atoms with Crippen LogP contribution >= 0.6 is 11.3 Å². The van der Waals surface area contributed by atoms with E-state index < -0.39 is 14.8 Å². The van der Waals surface area contributed by atoms with Crippen LogP contribution in [0, 0.1) is 10.1 Å². The summed E-state index contributed by atoms with van der Waals surface area (Å²) in [5.74, 6) is 0. The van der Waals surface area contributed by atoms with Crippen molar-refractivity contribution in [3.05, 3.63) is 16.2 Å². The van der Waals surface area contributed by atoms with Crippen LogP contribution in [0.3, 0.4) is 0 Å². The monoisotopic (exact) mass is 292 g/mol. The molecule has 0 radical (unpaired) electrons. The summed E-state index contributed by atoms with van der Waals surface area (Å²) in [5.41, 5.74) is -0.170. The Morgan fingerprint density at radius 1 is 1.44 bits per heavy atom. The third kappa shape index (κ3) is 3.95. The first-order valence-electron chi connectivity index (χ1n) is 5.58. The molecule has 0 aliphatic carbocycles. The van der Waals surface area contributed by atoms with E-state index in [2.05, 4.69) is 12.2 Å². The quantitative estimate of drug-likeness (QED) is 0.474. The average Bonchev–Trinajstić information content (AvgIpc) is 2.68. The summed E-state index contributed by atoms with van der Waals surface area (Å²) in [6.45, 7) is 2.67. The van der Waals surface area contributed by atoms with E-state index in [1.165, 1.54) is 0 Å². The first-order valence-corrected chi connectivity index (χ1v) is 8.29.